The van der Waals surface area contributed by atoms with Gasteiger partial charge in [-0.15, -0.1) is 0 Å². The van der Waals surface area contributed by atoms with E-state index in [1.807, 2.05) is 6.92 Å². The van der Waals surface area contributed by atoms with Crippen molar-refractivity contribution < 1.29 is 14.0 Å². The fourth-order valence-corrected chi connectivity index (χ4v) is 3.72. The number of hydrogen-bond donors (Lipinski definition) is 1. The Bertz CT molecular complexity index is 878. The summed E-state index contributed by atoms with van der Waals surface area (Å²) < 4.78 is 6.94. The third-order valence-corrected chi connectivity index (χ3v) is 5.31. The molecule has 0 aromatic carbocycles. The first kappa shape index (κ1) is 21.2. The molecule has 0 spiro atoms. The molecule has 0 aliphatic carbocycles. The lowest BCUT2D eigenvalue weighted by Gasteiger charge is -2.31. The maximum Gasteiger partial charge on any atom is 0.289 e. The summed E-state index contributed by atoms with van der Waals surface area (Å²) in [5.41, 5.74) is 1.56. The summed E-state index contributed by atoms with van der Waals surface area (Å²) in [5.74, 6) is 0.495. The van der Waals surface area contributed by atoms with E-state index < -0.39 is 0 Å². The van der Waals surface area contributed by atoms with E-state index in [9.17, 15) is 9.59 Å². The van der Waals surface area contributed by atoms with Crippen molar-refractivity contribution in [3.63, 3.8) is 0 Å². The SMILES string of the molecule is Cc1nn(CC(C)C)c(Cl)c1/C=C/C(=O)NC1CCN(C(=O)c2ccco2)CC1. The van der Waals surface area contributed by atoms with Crippen LogP contribution < -0.4 is 5.32 Å². The summed E-state index contributed by atoms with van der Waals surface area (Å²) in [6.45, 7) is 7.98. The number of piperidine rings is 1. The predicted octanol–water partition coefficient (Wildman–Crippen LogP) is 3.53. The van der Waals surface area contributed by atoms with Crippen molar-refractivity contribution in [2.45, 2.75) is 46.2 Å². The van der Waals surface area contributed by atoms with Crippen molar-refractivity contribution in [1.82, 2.24) is 20.0 Å². The van der Waals surface area contributed by atoms with Crippen LogP contribution in [0.2, 0.25) is 5.15 Å². The number of amides is 2. The largest absolute Gasteiger partial charge is 0.459 e. The number of aromatic nitrogens is 2. The second kappa shape index (κ2) is 9.31. The summed E-state index contributed by atoms with van der Waals surface area (Å²) in [7, 11) is 0. The van der Waals surface area contributed by atoms with Gasteiger partial charge in [0.15, 0.2) is 5.76 Å². The van der Waals surface area contributed by atoms with Crippen LogP contribution in [0, 0.1) is 12.8 Å². The van der Waals surface area contributed by atoms with Gasteiger partial charge in [-0.3, -0.25) is 14.3 Å². The Morgan fingerprint density at radius 2 is 2.10 bits per heavy atom. The molecule has 1 N–H and O–H groups in total. The molecule has 2 amide bonds. The van der Waals surface area contributed by atoms with E-state index >= 15 is 0 Å². The van der Waals surface area contributed by atoms with Gasteiger partial charge in [-0.25, -0.2) is 0 Å². The van der Waals surface area contributed by atoms with Gasteiger partial charge in [-0.2, -0.15) is 5.10 Å². The number of hydrogen-bond acceptors (Lipinski definition) is 4. The molecule has 7 nitrogen and oxygen atoms in total. The maximum atomic E-state index is 12.3. The van der Waals surface area contributed by atoms with Gasteiger partial charge < -0.3 is 14.6 Å². The van der Waals surface area contributed by atoms with Gasteiger partial charge in [0.05, 0.1) is 12.0 Å². The number of furan rings is 1. The van der Waals surface area contributed by atoms with E-state index in [1.54, 1.807) is 27.8 Å². The fraction of sp³-hybridized carbons (Fsp3) is 0.476. The van der Waals surface area contributed by atoms with Crippen LogP contribution in [0.3, 0.4) is 0 Å². The van der Waals surface area contributed by atoms with Crippen LogP contribution in [0.5, 0.6) is 0 Å². The van der Waals surface area contributed by atoms with E-state index in [0.29, 0.717) is 42.8 Å². The number of carbonyl (C=O) groups is 2. The van der Waals surface area contributed by atoms with Gasteiger partial charge >= 0.3 is 0 Å². The number of likely N-dealkylation sites (tertiary alicyclic amines) is 1. The summed E-state index contributed by atoms with van der Waals surface area (Å²) in [6.07, 6.45) is 6.12. The summed E-state index contributed by atoms with van der Waals surface area (Å²) in [4.78, 5) is 26.4. The number of nitrogens with one attached hydrogen (secondary N) is 1. The van der Waals surface area contributed by atoms with E-state index in [0.717, 1.165) is 17.8 Å². The molecule has 0 atom stereocenters. The van der Waals surface area contributed by atoms with Crippen LogP contribution in [0.1, 0.15) is 48.5 Å². The second-order valence-corrected chi connectivity index (χ2v) is 8.11. The number of aryl methyl sites for hydroxylation is 1. The normalized spacial score (nSPS) is 15.4. The van der Waals surface area contributed by atoms with Gasteiger partial charge in [0.2, 0.25) is 5.91 Å². The molecule has 29 heavy (non-hydrogen) atoms. The van der Waals surface area contributed by atoms with Crippen molar-refractivity contribution >= 4 is 29.5 Å². The number of halogens is 1. The molecule has 3 rings (SSSR count). The van der Waals surface area contributed by atoms with Crippen molar-refractivity contribution in [2.24, 2.45) is 5.92 Å². The minimum atomic E-state index is -0.173. The maximum absolute atomic E-state index is 12.3. The standard InChI is InChI=1S/C21H27ClN4O3/c1-14(2)13-26-20(22)17(15(3)24-26)6-7-19(27)23-16-8-10-25(11-9-16)21(28)18-5-4-12-29-18/h4-7,12,14,16H,8-11,13H2,1-3H3,(H,23,27)/b7-6+. The van der Waals surface area contributed by atoms with E-state index in [2.05, 4.69) is 24.3 Å². The zero-order valence-corrected chi connectivity index (χ0v) is 17.8. The lowest BCUT2D eigenvalue weighted by Crippen LogP contribution is -2.46. The smallest absolute Gasteiger partial charge is 0.289 e. The number of rotatable bonds is 6. The molecule has 0 radical (unpaired) electrons. The zero-order chi connectivity index (χ0) is 21.0. The first-order chi connectivity index (χ1) is 13.8. The lowest BCUT2D eigenvalue weighted by molar-refractivity contribution is -0.117. The second-order valence-electron chi connectivity index (χ2n) is 7.75. The molecule has 8 heteroatoms. The molecule has 1 aliphatic rings. The van der Waals surface area contributed by atoms with Crippen LogP contribution in [0.4, 0.5) is 0 Å². The van der Waals surface area contributed by atoms with Crippen molar-refractivity contribution in [3.8, 4) is 0 Å². The van der Waals surface area contributed by atoms with Crippen LogP contribution in [0.25, 0.3) is 6.08 Å². The number of nitrogens with zero attached hydrogens (tertiary/aromatic N) is 3. The number of carbonyl (C=O) groups excluding carboxylic acids is 2. The highest BCUT2D eigenvalue weighted by molar-refractivity contribution is 6.31. The molecule has 1 saturated heterocycles. The Balaban J connectivity index is 1.52. The Kier molecular flexibility index (Phi) is 6.79. The minimum Gasteiger partial charge on any atom is -0.459 e. The molecule has 2 aromatic heterocycles. The average molecular weight is 419 g/mol. The van der Waals surface area contributed by atoms with Gasteiger partial charge in [0.1, 0.15) is 5.15 Å². The van der Waals surface area contributed by atoms with E-state index in [-0.39, 0.29) is 17.9 Å². The molecule has 0 bridgehead atoms. The monoisotopic (exact) mass is 418 g/mol. The average Bonchev–Trinajstić information content (AvgIpc) is 3.29. The molecule has 2 aromatic rings. The molecular weight excluding hydrogens is 392 g/mol. The highest BCUT2D eigenvalue weighted by Gasteiger charge is 2.25. The van der Waals surface area contributed by atoms with Gasteiger partial charge in [-0.05, 0) is 43.9 Å². The third kappa shape index (κ3) is 5.29. The fourth-order valence-electron chi connectivity index (χ4n) is 3.41. The molecule has 0 unspecified atom stereocenters. The van der Waals surface area contributed by atoms with Crippen LogP contribution in [-0.4, -0.2) is 45.6 Å². The first-order valence-corrected chi connectivity index (χ1v) is 10.3. The third-order valence-electron chi connectivity index (χ3n) is 4.91. The Labute approximate surface area is 175 Å². The van der Waals surface area contributed by atoms with E-state index in [1.165, 1.54) is 12.3 Å². The van der Waals surface area contributed by atoms with Gasteiger partial charge in [-0.1, -0.05) is 25.4 Å². The minimum absolute atomic E-state index is 0.0352. The van der Waals surface area contributed by atoms with Gasteiger partial charge in [0.25, 0.3) is 5.91 Å². The summed E-state index contributed by atoms with van der Waals surface area (Å²) >= 11 is 6.41. The molecule has 0 saturated carbocycles. The van der Waals surface area contributed by atoms with Crippen molar-refractivity contribution in [2.75, 3.05) is 13.1 Å². The van der Waals surface area contributed by atoms with Crippen molar-refractivity contribution in [1.29, 1.82) is 0 Å². The first-order valence-electron chi connectivity index (χ1n) is 9.89. The summed E-state index contributed by atoms with van der Waals surface area (Å²) in [5, 5.41) is 8.00. The van der Waals surface area contributed by atoms with Crippen LogP contribution in [0.15, 0.2) is 28.9 Å². The van der Waals surface area contributed by atoms with Gasteiger partial charge in [0, 0.05) is 37.3 Å². The van der Waals surface area contributed by atoms with E-state index in [4.69, 9.17) is 16.0 Å². The molecule has 1 aliphatic heterocycles. The molecule has 156 valence electrons. The molecular formula is C21H27ClN4O3. The Morgan fingerprint density at radius 1 is 1.38 bits per heavy atom. The predicted molar refractivity (Wildman–Crippen MR) is 112 cm³/mol. The Morgan fingerprint density at radius 3 is 2.72 bits per heavy atom. The van der Waals surface area contributed by atoms with Crippen LogP contribution >= 0.6 is 11.6 Å². The summed E-state index contributed by atoms with van der Waals surface area (Å²) in [6, 6.07) is 3.40. The highest BCUT2D eigenvalue weighted by Crippen LogP contribution is 2.22. The molecule has 3 heterocycles. The zero-order valence-electron chi connectivity index (χ0n) is 17.0. The lowest BCUT2D eigenvalue weighted by atomic mass is 10.0. The van der Waals surface area contributed by atoms with Crippen LogP contribution in [-0.2, 0) is 11.3 Å². The molecule has 1 fully saturated rings. The van der Waals surface area contributed by atoms with Crippen molar-refractivity contribution in [3.05, 3.63) is 46.6 Å². The topological polar surface area (TPSA) is 80.4 Å². The highest BCUT2D eigenvalue weighted by atomic mass is 35.5. The quantitative estimate of drug-likeness (QED) is 0.727. The Hall–Kier alpha value is -2.54.